The summed E-state index contributed by atoms with van der Waals surface area (Å²) >= 11 is 0. The number of hydrogen-bond donors (Lipinski definition) is 0. The normalized spacial score (nSPS) is 11.3. The smallest absolute Gasteiger partial charge is 0.137 e. The summed E-state index contributed by atoms with van der Waals surface area (Å²) in [5, 5.41) is 0. The maximum absolute atomic E-state index is 5.85. The Bertz CT molecular complexity index is 463. The summed E-state index contributed by atoms with van der Waals surface area (Å²) in [6.07, 6.45) is 21.5. The van der Waals surface area contributed by atoms with Gasteiger partial charge in [0.15, 0.2) is 0 Å². The van der Waals surface area contributed by atoms with Crippen molar-refractivity contribution >= 4 is 0 Å². The first-order valence-corrected chi connectivity index (χ1v) is 12.6. The lowest BCUT2D eigenvalue weighted by Crippen LogP contribution is -3.00. The van der Waals surface area contributed by atoms with Crippen molar-refractivity contribution in [1.82, 2.24) is 0 Å². The molecule has 3 heteroatoms. The van der Waals surface area contributed by atoms with Crippen molar-refractivity contribution in [3.63, 3.8) is 0 Å². The van der Waals surface area contributed by atoms with E-state index in [1.165, 1.54) is 103 Å². The van der Waals surface area contributed by atoms with E-state index in [1.807, 2.05) is 30.3 Å². The number of rotatable bonds is 20. The van der Waals surface area contributed by atoms with Crippen LogP contribution in [-0.4, -0.2) is 38.3 Å². The van der Waals surface area contributed by atoms with Crippen LogP contribution in [0, 0.1) is 0 Å². The van der Waals surface area contributed by atoms with E-state index in [0.29, 0.717) is 0 Å². The van der Waals surface area contributed by atoms with E-state index in [9.17, 15) is 0 Å². The third-order valence-corrected chi connectivity index (χ3v) is 6.08. The minimum Gasteiger partial charge on any atom is -1.00 e. The van der Waals surface area contributed by atoms with Gasteiger partial charge in [0.05, 0.1) is 20.6 Å². The zero-order valence-corrected chi connectivity index (χ0v) is 21.1. The highest BCUT2D eigenvalue weighted by Crippen LogP contribution is 2.14. The molecule has 1 aromatic rings. The molecule has 2 nitrogen and oxygen atoms in total. The largest absolute Gasteiger partial charge is 1.00 e. The van der Waals surface area contributed by atoms with Crippen molar-refractivity contribution < 1.29 is 21.6 Å². The molecule has 0 aliphatic rings. The number of nitrogens with zero attached hydrogens (tertiary/aromatic N) is 1. The molecule has 0 amide bonds. The second-order valence-corrected chi connectivity index (χ2v) is 9.49. The molecular weight excluding hydrogens is 390 g/mol. The van der Waals surface area contributed by atoms with Gasteiger partial charge in [-0.15, -0.1) is 0 Å². The molecular formula is C27H50ClNO. The lowest BCUT2D eigenvalue weighted by molar-refractivity contribution is -0.890. The molecule has 0 spiro atoms. The molecule has 0 atom stereocenters. The van der Waals surface area contributed by atoms with Crippen LogP contribution >= 0.6 is 0 Å². The number of halogens is 1. The molecule has 0 aliphatic heterocycles. The molecule has 0 N–H and O–H groups in total. The minimum absolute atomic E-state index is 0. The van der Waals surface area contributed by atoms with E-state index in [1.54, 1.807) is 0 Å². The molecule has 0 aromatic heterocycles. The standard InChI is InChI=1S/C27H50NO.ClH/c1-4-5-6-7-8-9-10-11-12-13-14-15-16-17-21-24-28(2,3)25-26-29-27-22-19-18-20-23-27;/h18-20,22-23H,4-17,21,24-26H2,1-3H3;1H/q+1;/p-1. The van der Waals surface area contributed by atoms with Gasteiger partial charge in [0.2, 0.25) is 0 Å². The summed E-state index contributed by atoms with van der Waals surface area (Å²) in [6, 6.07) is 10.2. The number of benzene rings is 1. The van der Waals surface area contributed by atoms with Gasteiger partial charge in [-0.25, -0.2) is 0 Å². The summed E-state index contributed by atoms with van der Waals surface area (Å²) in [5.74, 6) is 0.986. The van der Waals surface area contributed by atoms with Crippen LogP contribution < -0.4 is 17.1 Å². The summed E-state index contributed by atoms with van der Waals surface area (Å²) < 4.78 is 6.92. The maximum atomic E-state index is 5.85. The molecule has 0 saturated carbocycles. The lowest BCUT2D eigenvalue weighted by Gasteiger charge is -2.29. The van der Waals surface area contributed by atoms with Crippen molar-refractivity contribution in [3.8, 4) is 5.75 Å². The van der Waals surface area contributed by atoms with E-state index in [4.69, 9.17) is 4.74 Å². The first kappa shape index (κ1) is 29.3. The number of unbranched alkanes of at least 4 members (excludes halogenated alkanes) is 14. The van der Waals surface area contributed by atoms with E-state index in [-0.39, 0.29) is 12.4 Å². The zero-order chi connectivity index (χ0) is 21.0. The molecule has 0 heterocycles. The van der Waals surface area contributed by atoms with Crippen LogP contribution in [0.5, 0.6) is 5.75 Å². The number of quaternary nitrogens is 1. The van der Waals surface area contributed by atoms with Crippen LogP contribution in [-0.2, 0) is 0 Å². The molecule has 0 bridgehead atoms. The highest BCUT2D eigenvalue weighted by Gasteiger charge is 2.14. The predicted octanol–water partition coefficient (Wildman–Crippen LogP) is 5.02. The van der Waals surface area contributed by atoms with E-state index in [2.05, 4.69) is 21.0 Å². The monoisotopic (exact) mass is 439 g/mol. The Hall–Kier alpha value is -0.730. The van der Waals surface area contributed by atoms with Crippen molar-refractivity contribution in [2.75, 3.05) is 33.8 Å². The molecule has 0 unspecified atom stereocenters. The van der Waals surface area contributed by atoms with E-state index >= 15 is 0 Å². The van der Waals surface area contributed by atoms with Crippen molar-refractivity contribution in [2.45, 2.75) is 103 Å². The van der Waals surface area contributed by atoms with Crippen LogP contribution in [0.4, 0.5) is 0 Å². The molecule has 176 valence electrons. The quantitative estimate of drug-likeness (QED) is 0.205. The molecule has 1 rings (SSSR count). The van der Waals surface area contributed by atoms with Gasteiger partial charge >= 0.3 is 0 Å². The minimum atomic E-state index is 0. The second-order valence-electron chi connectivity index (χ2n) is 9.49. The highest BCUT2D eigenvalue weighted by molar-refractivity contribution is 5.20. The maximum Gasteiger partial charge on any atom is 0.137 e. The van der Waals surface area contributed by atoms with Gasteiger partial charge in [0.25, 0.3) is 0 Å². The topological polar surface area (TPSA) is 9.23 Å². The van der Waals surface area contributed by atoms with Gasteiger partial charge in [-0.1, -0.05) is 109 Å². The first-order valence-electron chi connectivity index (χ1n) is 12.6. The van der Waals surface area contributed by atoms with E-state index < -0.39 is 0 Å². The Kier molecular flexibility index (Phi) is 19.7. The Morgan fingerprint density at radius 2 is 1.03 bits per heavy atom. The average Bonchev–Trinajstić information content (AvgIpc) is 2.71. The lowest BCUT2D eigenvalue weighted by atomic mass is 10.0. The Morgan fingerprint density at radius 3 is 1.50 bits per heavy atom. The molecule has 0 aliphatic carbocycles. The van der Waals surface area contributed by atoms with Crippen LogP contribution in [0.1, 0.15) is 103 Å². The summed E-state index contributed by atoms with van der Waals surface area (Å²) in [7, 11) is 4.66. The van der Waals surface area contributed by atoms with Gasteiger partial charge < -0.3 is 21.6 Å². The third kappa shape index (κ3) is 18.1. The van der Waals surface area contributed by atoms with Gasteiger partial charge in [-0.3, -0.25) is 0 Å². The van der Waals surface area contributed by atoms with Crippen LogP contribution in [0.15, 0.2) is 30.3 Å². The highest BCUT2D eigenvalue weighted by atomic mass is 35.5. The molecule has 30 heavy (non-hydrogen) atoms. The van der Waals surface area contributed by atoms with Crippen molar-refractivity contribution in [1.29, 1.82) is 0 Å². The van der Waals surface area contributed by atoms with Crippen LogP contribution in [0.25, 0.3) is 0 Å². The first-order chi connectivity index (χ1) is 14.1. The fraction of sp³-hybridized carbons (Fsp3) is 0.778. The number of hydrogen-bond acceptors (Lipinski definition) is 1. The zero-order valence-electron chi connectivity index (χ0n) is 20.3. The summed E-state index contributed by atoms with van der Waals surface area (Å²) in [5.41, 5.74) is 0. The molecule has 0 radical (unpaired) electrons. The Morgan fingerprint density at radius 1 is 0.600 bits per heavy atom. The van der Waals surface area contributed by atoms with Gasteiger partial charge in [-0.2, -0.15) is 0 Å². The van der Waals surface area contributed by atoms with E-state index in [0.717, 1.165) is 23.4 Å². The fourth-order valence-electron chi connectivity index (χ4n) is 3.95. The second kappa shape index (κ2) is 20.2. The SMILES string of the molecule is CCCCCCCCCCCCCCCCC[N+](C)(C)CCOc1ccccc1.[Cl-]. The average molecular weight is 440 g/mol. The van der Waals surface area contributed by atoms with Gasteiger partial charge in [0, 0.05) is 0 Å². The Labute approximate surface area is 194 Å². The third-order valence-electron chi connectivity index (χ3n) is 6.08. The fourth-order valence-corrected chi connectivity index (χ4v) is 3.95. The number of likely N-dealkylation sites (N-methyl/N-ethyl adjacent to an activating group) is 1. The predicted molar refractivity (Wildman–Crippen MR) is 129 cm³/mol. The number of ether oxygens (including phenoxy) is 1. The summed E-state index contributed by atoms with van der Waals surface area (Å²) in [4.78, 5) is 0. The van der Waals surface area contributed by atoms with Crippen LogP contribution in [0.3, 0.4) is 0 Å². The van der Waals surface area contributed by atoms with Crippen molar-refractivity contribution in [3.05, 3.63) is 30.3 Å². The van der Waals surface area contributed by atoms with Crippen molar-refractivity contribution in [2.24, 2.45) is 0 Å². The van der Waals surface area contributed by atoms with Crippen LogP contribution in [0.2, 0.25) is 0 Å². The Balaban J connectivity index is 0.00000841. The molecule has 1 aromatic carbocycles. The molecule has 0 saturated heterocycles. The number of para-hydroxylation sites is 1. The van der Waals surface area contributed by atoms with Gasteiger partial charge in [-0.05, 0) is 25.0 Å². The summed E-state index contributed by atoms with van der Waals surface area (Å²) in [6.45, 7) is 5.43. The molecule has 0 fully saturated rings. The van der Waals surface area contributed by atoms with Gasteiger partial charge in [0.1, 0.15) is 18.9 Å².